The molecule has 1 aliphatic heterocycles. The van der Waals surface area contributed by atoms with Crippen LogP contribution in [0.25, 0.3) is 0 Å². The van der Waals surface area contributed by atoms with Crippen LogP contribution in [0.3, 0.4) is 0 Å². The fourth-order valence-electron chi connectivity index (χ4n) is 2.46. The predicted octanol–water partition coefficient (Wildman–Crippen LogP) is 3.09. The summed E-state index contributed by atoms with van der Waals surface area (Å²) in [6, 6.07) is 7.47. The summed E-state index contributed by atoms with van der Waals surface area (Å²) in [5.41, 5.74) is 4.17. The zero-order valence-electron chi connectivity index (χ0n) is 10.4. The van der Waals surface area contributed by atoms with Crippen molar-refractivity contribution in [1.29, 1.82) is 0 Å². The Hall–Kier alpha value is -1.90. The van der Waals surface area contributed by atoms with Crippen LogP contribution in [0.1, 0.15) is 16.7 Å². The van der Waals surface area contributed by atoms with Gasteiger partial charge in [-0.2, -0.15) is 0 Å². The molecular weight excluding hydrogens is 227 g/mol. The van der Waals surface area contributed by atoms with E-state index in [-0.39, 0.29) is 5.82 Å². The quantitative estimate of drug-likeness (QED) is 0.764. The Morgan fingerprint density at radius 1 is 1.22 bits per heavy atom. The van der Waals surface area contributed by atoms with Crippen LogP contribution >= 0.6 is 0 Å². The van der Waals surface area contributed by atoms with Crippen LogP contribution in [0.4, 0.5) is 10.1 Å². The Kier molecular flexibility index (Phi) is 2.74. The highest BCUT2D eigenvalue weighted by Gasteiger charge is 2.18. The molecule has 3 rings (SSSR count). The van der Waals surface area contributed by atoms with E-state index >= 15 is 0 Å². The molecule has 0 amide bonds. The second-order valence-corrected chi connectivity index (χ2v) is 4.77. The minimum absolute atomic E-state index is 0.137. The van der Waals surface area contributed by atoms with Crippen LogP contribution in [0.15, 0.2) is 36.7 Å². The highest BCUT2D eigenvalue weighted by Crippen LogP contribution is 2.26. The lowest BCUT2D eigenvalue weighted by Gasteiger charge is -2.30. The van der Waals surface area contributed by atoms with E-state index in [1.165, 1.54) is 11.1 Å². The summed E-state index contributed by atoms with van der Waals surface area (Å²) in [5.74, 6) is -0.137. The van der Waals surface area contributed by atoms with Crippen molar-refractivity contribution in [1.82, 2.24) is 4.98 Å². The van der Waals surface area contributed by atoms with Crippen LogP contribution in [-0.2, 0) is 13.0 Å². The van der Waals surface area contributed by atoms with Crippen molar-refractivity contribution < 1.29 is 4.39 Å². The number of halogens is 1. The summed E-state index contributed by atoms with van der Waals surface area (Å²) in [6.45, 7) is 3.50. The van der Waals surface area contributed by atoms with Crippen molar-refractivity contribution in [3.05, 3.63) is 59.2 Å². The van der Waals surface area contributed by atoms with Crippen molar-refractivity contribution in [3.63, 3.8) is 0 Å². The summed E-state index contributed by atoms with van der Waals surface area (Å²) < 4.78 is 14.0. The van der Waals surface area contributed by atoms with Crippen molar-refractivity contribution in [2.75, 3.05) is 11.4 Å². The Labute approximate surface area is 106 Å². The van der Waals surface area contributed by atoms with Gasteiger partial charge < -0.3 is 4.90 Å². The fourth-order valence-corrected chi connectivity index (χ4v) is 2.46. The third kappa shape index (κ3) is 1.96. The van der Waals surface area contributed by atoms with Gasteiger partial charge >= 0.3 is 0 Å². The number of anilines is 1. The van der Waals surface area contributed by atoms with Crippen LogP contribution in [0, 0.1) is 12.7 Å². The van der Waals surface area contributed by atoms with E-state index in [0.717, 1.165) is 25.1 Å². The molecule has 0 radical (unpaired) electrons. The first-order valence-electron chi connectivity index (χ1n) is 6.17. The van der Waals surface area contributed by atoms with Crippen LogP contribution in [0.2, 0.25) is 0 Å². The highest BCUT2D eigenvalue weighted by atomic mass is 19.1. The van der Waals surface area contributed by atoms with Gasteiger partial charge in [0.25, 0.3) is 0 Å². The molecule has 3 heteroatoms. The van der Waals surface area contributed by atoms with Gasteiger partial charge in [-0.1, -0.05) is 6.07 Å². The molecule has 0 saturated carbocycles. The number of hydrogen-bond acceptors (Lipinski definition) is 2. The van der Waals surface area contributed by atoms with E-state index in [4.69, 9.17) is 0 Å². The predicted molar refractivity (Wildman–Crippen MR) is 70.1 cm³/mol. The molecule has 0 aliphatic carbocycles. The molecule has 1 aliphatic rings. The zero-order chi connectivity index (χ0) is 12.5. The SMILES string of the molecule is Cc1ccc(N2CCc3ccncc3C2)c(F)c1. The normalized spacial score (nSPS) is 14.4. The third-order valence-electron chi connectivity index (χ3n) is 3.46. The van der Waals surface area contributed by atoms with Crippen LogP contribution < -0.4 is 4.90 Å². The number of nitrogens with zero attached hydrogens (tertiary/aromatic N) is 2. The van der Waals surface area contributed by atoms with Gasteiger partial charge in [0.05, 0.1) is 5.69 Å². The molecule has 1 aromatic heterocycles. The van der Waals surface area contributed by atoms with E-state index in [1.807, 2.05) is 31.5 Å². The number of aromatic nitrogens is 1. The minimum Gasteiger partial charge on any atom is -0.364 e. The van der Waals surface area contributed by atoms with Gasteiger partial charge in [0.15, 0.2) is 0 Å². The van der Waals surface area contributed by atoms with E-state index in [1.54, 1.807) is 6.07 Å². The second kappa shape index (κ2) is 4.41. The van der Waals surface area contributed by atoms with Crippen molar-refractivity contribution in [2.45, 2.75) is 19.9 Å². The standard InChI is InChI=1S/C15H15FN2/c1-11-2-3-15(14(16)8-11)18-7-5-12-4-6-17-9-13(12)10-18/h2-4,6,8-9H,5,7,10H2,1H3. The number of rotatable bonds is 1. The van der Waals surface area contributed by atoms with Gasteiger partial charge in [-0.05, 0) is 48.2 Å². The maximum Gasteiger partial charge on any atom is 0.146 e. The molecule has 2 nitrogen and oxygen atoms in total. The van der Waals surface area contributed by atoms with Gasteiger partial charge in [-0.3, -0.25) is 4.98 Å². The van der Waals surface area contributed by atoms with Gasteiger partial charge in [0, 0.05) is 25.5 Å². The first-order valence-corrected chi connectivity index (χ1v) is 6.17. The molecule has 1 aromatic carbocycles. The number of aryl methyl sites for hydroxylation is 1. The number of pyridine rings is 1. The lowest BCUT2D eigenvalue weighted by Crippen LogP contribution is -2.31. The largest absolute Gasteiger partial charge is 0.364 e. The molecule has 2 heterocycles. The molecule has 0 spiro atoms. The van der Waals surface area contributed by atoms with Gasteiger partial charge in [0.2, 0.25) is 0 Å². The summed E-state index contributed by atoms with van der Waals surface area (Å²) in [7, 11) is 0. The smallest absolute Gasteiger partial charge is 0.146 e. The molecule has 92 valence electrons. The number of benzene rings is 1. The summed E-state index contributed by atoms with van der Waals surface area (Å²) in [6.07, 6.45) is 4.65. The monoisotopic (exact) mass is 242 g/mol. The lowest BCUT2D eigenvalue weighted by atomic mass is 10.0. The molecule has 2 aromatic rings. The summed E-state index contributed by atoms with van der Waals surface area (Å²) in [5, 5.41) is 0. The first-order chi connectivity index (χ1) is 8.74. The minimum atomic E-state index is -0.137. The molecule has 0 bridgehead atoms. The molecule has 0 N–H and O–H groups in total. The summed E-state index contributed by atoms with van der Waals surface area (Å²) in [4.78, 5) is 6.22. The van der Waals surface area contributed by atoms with E-state index in [9.17, 15) is 4.39 Å². The highest BCUT2D eigenvalue weighted by molar-refractivity contribution is 5.51. The maximum atomic E-state index is 14.0. The molecule has 18 heavy (non-hydrogen) atoms. The van der Waals surface area contributed by atoms with Crippen LogP contribution in [-0.4, -0.2) is 11.5 Å². The molecular formula is C15H15FN2. The van der Waals surface area contributed by atoms with Gasteiger partial charge in [-0.15, -0.1) is 0 Å². The van der Waals surface area contributed by atoms with E-state index < -0.39 is 0 Å². The third-order valence-corrected chi connectivity index (χ3v) is 3.46. The van der Waals surface area contributed by atoms with E-state index in [2.05, 4.69) is 16.0 Å². The zero-order valence-corrected chi connectivity index (χ0v) is 10.4. The van der Waals surface area contributed by atoms with Crippen LogP contribution in [0.5, 0.6) is 0 Å². The molecule has 0 atom stereocenters. The summed E-state index contributed by atoms with van der Waals surface area (Å²) >= 11 is 0. The maximum absolute atomic E-state index is 14.0. The number of hydrogen-bond donors (Lipinski definition) is 0. The van der Waals surface area contributed by atoms with Gasteiger partial charge in [-0.25, -0.2) is 4.39 Å². The lowest BCUT2D eigenvalue weighted by molar-refractivity contribution is 0.609. The van der Waals surface area contributed by atoms with Gasteiger partial charge in [0.1, 0.15) is 5.82 Å². The van der Waals surface area contributed by atoms with E-state index in [0.29, 0.717) is 5.69 Å². The number of fused-ring (bicyclic) bond motifs is 1. The molecule has 0 saturated heterocycles. The second-order valence-electron chi connectivity index (χ2n) is 4.77. The van der Waals surface area contributed by atoms with Crippen molar-refractivity contribution in [2.24, 2.45) is 0 Å². The Bertz CT molecular complexity index is 580. The molecule has 0 unspecified atom stereocenters. The average molecular weight is 242 g/mol. The first kappa shape index (κ1) is 11.2. The molecule has 0 fully saturated rings. The Balaban J connectivity index is 1.92. The topological polar surface area (TPSA) is 16.1 Å². The Morgan fingerprint density at radius 2 is 2.11 bits per heavy atom. The Morgan fingerprint density at radius 3 is 2.94 bits per heavy atom. The van der Waals surface area contributed by atoms with Crippen molar-refractivity contribution >= 4 is 5.69 Å². The fraction of sp³-hybridized carbons (Fsp3) is 0.267. The van der Waals surface area contributed by atoms with Crippen molar-refractivity contribution in [3.8, 4) is 0 Å². The average Bonchev–Trinajstić information content (AvgIpc) is 2.38.